The van der Waals surface area contributed by atoms with Gasteiger partial charge in [0.15, 0.2) is 0 Å². The average Bonchev–Trinajstić information content (AvgIpc) is 3.58. The van der Waals surface area contributed by atoms with Crippen LogP contribution in [0.5, 0.6) is 0 Å². The molecule has 47 heavy (non-hydrogen) atoms. The van der Waals surface area contributed by atoms with Crippen LogP contribution in [-0.4, -0.2) is 55.6 Å². The molecular formula is C37H40N6O4. The first-order valence-corrected chi connectivity index (χ1v) is 16.5. The van der Waals surface area contributed by atoms with Gasteiger partial charge in [-0.3, -0.25) is 14.6 Å². The fraction of sp³-hybridized carbons (Fsp3) is 0.351. The Morgan fingerprint density at radius 3 is 2.49 bits per heavy atom. The molecule has 1 atom stereocenters. The molecule has 10 heteroatoms. The number of carbonyl (C=O) groups is 3. The second kappa shape index (κ2) is 12.3. The molecule has 0 bridgehead atoms. The summed E-state index contributed by atoms with van der Waals surface area (Å²) in [5.41, 5.74) is 5.08. The first-order valence-electron chi connectivity index (χ1n) is 16.5. The normalized spacial score (nSPS) is 18.8. The maximum absolute atomic E-state index is 14.0. The van der Waals surface area contributed by atoms with Gasteiger partial charge in [-0.25, -0.2) is 4.79 Å². The van der Waals surface area contributed by atoms with Crippen molar-refractivity contribution < 1.29 is 19.5 Å². The Bertz CT molecular complexity index is 2000. The van der Waals surface area contributed by atoms with Gasteiger partial charge in [-0.2, -0.15) is 0 Å². The number of aromatic nitrogens is 3. The van der Waals surface area contributed by atoms with Gasteiger partial charge < -0.3 is 30.2 Å². The van der Waals surface area contributed by atoms with E-state index in [-0.39, 0.29) is 17.5 Å². The number of carboxylic acids is 1. The van der Waals surface area contributed by atoms with Crippen LogP contribution in [0.15, 0.2) is 66.9 Å². The summed E-state index contributed by atoms with van der Waals surface area (Å²) < 4.78 is 3.77. The van der Waals surface area contributed by atoms with Crippen molar-refractivity contribution in [3.8, 4) is 11.4 Å². The molecule has 10 nitrogen and oxygen atoms in total. The van der Waals surface area contributed by atoms with Crippen LogP contribution >= 0.6 is 0 Å². The van der Waals surface area contributed by atoms with Crippen molar-refractivity contribution in [1.29, 1.82) is 0 Å². The summed E-state index contributed by atoms with van der Waals surface area (Å²) in [4.78, 5) is 44.3. The highest BCUT2D eigenvalue weighted by Crippen LogP contribution is 2.43. The van der Waals surface area contributed by atoms with Gasteiger partial charge in [0, 0.05) is 59.9 Å². The number of anilines is 1. The van der Waals surface area contributed by atoms with Crippen molar-refractivity contribution in [3.05, 3.63) is 83.7 Å². The van der Waals surface area contributed by atoms with Crippen LogP contribution in [0.25, 0.3) is 33.2 Å². The Hall–Kier alpha value is -4.96. The fourth-order valence-corrected chi connectivity index (χ4v) is 7.66. The van der Waals surface area contributed by atoms with Crippen molar-refractivity contribution in [1.82, 2.24) is 24.8 Å². The molecule has 242 valence electrons. The number of aryl methyl sites for hydroxylation is 2. The number of benzene rings is 2. The molecule has 2 aliphatic rings. The van der Waals surface area contributed by atoms with Gasteiger partial charge in [0.1, 0.15) is 11.2 Å². The molecule has 0 spiro atoms. The standard InChI is InChI=1S/C37H40N6O4/c1-42-29-15-13-26(19-25(29)21-31(42)35(45)46)40-36(47)37(16-8-17-38-22-37)41-34(44)24-12-14-27-30(20-24)43(2)33(28-11-6-7-18-39-28)32(27)23-9-4-3-5-10-23/h6-7,11-15,18-21,23,38H,3-5,8-10,16-17,22H2,1-2H3,(H,40,47)(H,41,44)(H,45,46)/t37-/m0/s1. The molecule has 7 rings (SSSR count). The van der Waals surface area contributed by atoms with Gasteiger partial charge in [-0.15, -0.1) is 0 Å². The van der Waals surface area contributed by atoms with E-state index in [1.54, 1.807) is 35.9 Å². The lowest BCUT2D eigenvalue weighted by molar-refractivity contribution is -0.122. The van der Waals surface area contributed by atoms with Crippen molar-refractivity contribution in [2.45, 2.75) is 56.4 Å². The summed E-state index contributed by atoms with van der Waals surface area (Å²) in [5.74, 6) is -1.20. The number of hydrogen-bond acceptors (Lipinski definition) is 5. The minimum absolute atomic E-state index is 0.164. The third-order valence-electron chi connectivity index (χ3n) is 10.1. The molecule has 1 saturated carbocycles. The highest BCUT2D eigenvalue weighted by molar-refractivity contribution is 6.06. The molecule has 5 aromatic rings. The summed E-state index contributed by atoms with van der Waals surface area (Å²) in [6, 6.07) is 18.8. The number of carbonyl (C=O) groups excluding carboxylic acids is 2. The van der Waals surface area contributed by atoms with E-state index in [2.05, 4.69) is 26.6 Å². The number of amides is 2. The predicted octanol–water partition coefficient (Wildman–Crippen LogP) is 5.97. The Morgan fingerprint density at radius 1 is 0.936 bits per heavy atom. The molecule has 2 aromatic carbocycles. The number of aromatic carboxylic acids is 1. The van der Waals surface area contributed by atoms with Crippen LogP contribution in [0.2, 0.25) is 0 Å². The zero-order chi connectivity index (χ0) is 32.7. The van der Waals surface area contributed by atoms with E-state index < -0.39 is 11.5 Å². The maximum atomic E-state index is 14.0. The van der Waals surface area contributed by atoms with Gasteiger partial charge in [0.2, 0.25) is 0 Å². The summed E-state index contributed by atoms with van der Waals surface area (Å²) in [5, 5.41) is 20.8. The minimum Gasteiger partial charge on any atom is -0.477 e. The molecule has 4 N–H and O–H groups in total. The first-order chi connectivity index (χ1) is 22.8. The number of piperidine rings is 1. The lowest BCUT2D eigenvalue weighted by Crippen LogP contribution is -2.64. The van der Waals surface area contributed by atoms with E-state index in [9.17, 15) is 19.5 Å². The van der Waals surface area contributed by atoms with E-state index in [0.717, 1.165) is 53.6 Å². The minimum atomic E-state index is -1.16. The first kappa shape index (κ1) is 30.7. The molecular weight excluding hydrogens is 592 g/mol. The fourth-order valence-electron chi connectivity index (χ4n) is 7.66. The number of nitrogens with one attached hydrogen (secondary N) is 3. The van der Waals surface area contributed by atoms with Crippen molar-refractivity contribution in [2.75, 3.05) is 18.4 Å². The Kier molecular flexibility index (Phi) is 8.05. The topological polar surface area (TPSA) is 130 Å². The number of fused-ring (bicyclic) bond motifs is 2. The van der Waals surface area contributed by atoms with Gasteiger partial charge >= 0.3 is 5.97 Å². The molecule has 3 aromatic heterocycles. The zero-order valence-electron chi connectivity index (χ0n) is 26.8. The maximum Gasteiger partial charge on any atom is 0.352 e. The molecule has 4 heterocycles. The third-order valence-corrected chi connectivity index (χ3v) is 10.1. The number of nitrogens with zero attached hydrogens (tertiary/aromatic N) is 3. The summed E-state index contributed by atoms with van der Waals surface area (Å²) >= 11 is 0. The van der Waals surface area contributed by atoms with Crippen molar-refractivity contribution in [3.63, 3.8) is 0 Å². The van der Waals surface area contributed by atoms with E-state index in [0.29, 0.717) is 35.5 Å². The lowest BCUT2D eigenvalue weighted by atomic mass is 9.82. The second-order valence-electron chi connectivity index (χ2n) is 13.0. The predicted molar refractivity (Wildman–Crippen MR) is 183 cm³/mol. The van der Waals surface area contributed by atoms with Gasteiger partial charge in [-0.1, -0.05) is 31.4 Å². The van der Waals surface area contributed by atoms with Crippen LogP contribution < -0.4 is 16.0 Å². The molecule has 1 saturated heterocycles. The second-order valence-corrected chi connectivity index (χ2v) is 13.0. The number of pyridine rings is 1. The SMILES string of the molecule is Cn1c(C(=O)O)cc2cc(NC(=O)[C@]3(NC(=O)c4ccc5c(C6CCCCC6)c(-c6ccccn6)n(C)c5c4)CCCNC3)ccc21. The Labute approximate surface area is 273 Å². The monoisotopic (exact) mass is 632 g/mol. The van der Waals surface area contributed by atoms with Crippen molar-refractivity contribution >= 4 is 45.3 Å². The van der Waals surface area contributed by atoms with Crippen LogP contribution in [0.3, 0.4) is 0 Å². The highest BCUT2D eigenvalue weighted by atomic mass is 16.4. The third kappa shape index (κ3) is 5.56. The van der Waals surface area contributed by atoms with E-state index in [1.165, 1.54) is 24.8 Å². The van der Waals surface area contributed by atoms with E-state index >= 15 is 0 Å². The Morgan fingerprint density at radius 2 is 1.77 bits per heavy atom. The number of rotatable bonds is 7. The molecule has 0 unspecified atom stereocenters. The summed E-state index contributed by atoms with van der Waals surface area (Å²) in [7, 11) is 3.74. The zero-order valence-corrected chi connectivity index (χ0v) is 26.8. The van der Waals surface area contributed by atoms with Crippen molar-refractivity contribution in [2.24, 2.45) is 14.1 Å². The molecule has 1 aliphatic carbocycles. The average molecular weight is 633 g/mol. The quantitative estimate of drug-likeness (QED) is 0.175. The van der Waals surface area contributed by atoms with Crippen LogP contribution in [0.4, 0.5) is 5.69 Å². The van der Waals surface area contributed by atoms with Crippen LogP contribution in [0, 0.1) is 0 Å². The molecule has 2 fully saturated rings. The van der Waals surface area contributed by atoms with E-state index in [1.807, 2.05) is 43.6 Å². The van der Waals surface area contributed by atoms with Gasteiger partial charge in [-0.05, 0) is 92.2 Å². The molecule has 0 radical (unpaired) electrons. The molecule has 1 aliphatic heterocycles. The highest BCUT2D eigenvalue weighted by Gasteiger charge is 2.41. The van der Waals surface area contributed by atoms with Crippen LogP contribution in [-0.2, 0) is 18.9 Å². The van der Waals surface area contributed by atoms with E-state index in [4.69, 9.17) is 4.98 Å². The summed E-state index contributed by atoms with van der Waals surface area (Å²) in [6.45, 7) is 1.05. The van der Waals surface area contributed by atoms with Gasteiger partial charge in [0.05, 0.1) is 11.4 Å². The lowest BCUT2D eigenvalue weighted by Gasteiger charge is -2.37. The number of hydrogen-bond donors (Lipinski definition) is 4. The largest absolute Gasteiger partial charge is 0.477 e. The molecule has 2 amide bonds. The smallest absolute Gasteiger partial charge is 0.352 e. The van der Waals surface area contributed by atoms with Crippen LogP contribution in [0.1, 0.15) is 77.3 Å². The number of carboxylic acid groups (broad SMARTS) is 1. The Balaban J connectivity index is 1.20. The van der Waals surface area contributed by atoms with Gasteiger partial charge in [0.25, 0.3) is 11.8 Å². The summed E-state index contributed by atoms with van der Waals surface area (Å²) in [6.07, 6.45) is 9.01.